The van der Waals surface area contributed by atoms with Crippen molar-refractivity contribution >= 4 is 28.4 Å². The average Bonchev–Trinajstić information content (AvgIpc) is 2.79. The fourth-order valence-electron chi connectivity index (χ4n) is 3.28. The molecule has 6 nitrogen and oxygen atoms in total. The van der Waals surface area contributed by atoms with Gasteiger partial charge in [0.05, 0.1) is 19.7 Å². The average molecular weight is 400 g/mol. The van der Waals surface area contributed by atoms with Crippen molar-refractivity contribution in [2.24, 2.45) is 0 Å². The first kappa shape index (κ1) is 19.5. The topological polar surface area (TPSA) is 68.3 Å². The van der Waals surface area contributed by atoms with Gasteiger partial charge in [-0.1, -0.05) is 42.5 Å². The van der Waals surface area contributed by atoms with Crippen LogP contribution in [0.5, 0.6) is 11.5 Å². The summed E-state index contributed by atoms with van der Waals surface area (Å²) in [6, 6.07) is 23.9. The van der Waals surface area contributed by atoms with Crippen molar-refractivity contribution in [2.45, 2.75) is 13.0 Å². The van der Waals surface area contributed by atoms with Gasteiger partial charge in [-0.2, -0.15) is 4.98 Å². The van der Waals surface area contributed by atoms with Gasteiger partial charge in [0.1, 0.15) is 17.3 Å². The molecule has 3 aromatic carbocycles. The van der Waals surface area contributed by atoms with Gasteiger partial charge in [0.25, 0.3) is 0 Å². The summed E-state index contributed by atoms with van der Waals surface area (Å²) in [5.74, 6) is 2.64. The van der Waals surface area contributed by atoms with Crippen molar-refractivity contribution in [1.82, 2.24) is 9.97 Å². The van der Waals surface area contributed by atoms with Gasteiger partial charge >= 0.3 is 0 Å². The molecule has 0 radical (unpaired) electrons. The number of ether oxygens (including phenoxy) is 2. The number of anilines is 3. The van der Waals surface area contributed by atoms with Gasteiger partial charge in [0.2, 0.25) is 5.95 Å². The van der Waals surface area contributed by atoms with Crippen molar-refractivity contribution in [3.05, 3.63) is 78.4 Å². The number of hydrogen-bond donors (Lipinski definition) is 2. The fourth-order valence-corrected chi connectivity index (χ4v) is 3.28. The first-order chi connectivity index (χ1) is 14.7. The third-order valence-electron chi connectivity index (χ3n) is 4.86. The number of nitrogens with one attached hydrogen (secondary N) is 2. The van der Waals surface area contributed by atoms with E-state index in [1.807, 2.05) is 60.7 Å². The monoisotopic (exact) mass is 400 g/mol. The lowest BCUT2D eigenvalue weighted by molar-refractivity contribution is 0.395. The highest BCUT2D eigenvalue weighted by atomic mass is 16.5. The van der Waals surface area contributed by atoms with Crippen LogP contribution in [-0.4, -0.2) is 24.2 Å². The Labute approximate surface area is 175 Å². The van der Waals surface area contributed by atoms with Gasteiger partial charge in [-0.25, -0.2) is 4.98 Å². The molecule has 1 heterocycles. The lowest BCUT2D eigenvalue weighted by atomic mass is 10.1. The maximum Gasteiger partial charge on any atom is 0.229 e. The zero-order valence-corrected chi connectivity index (χ0v) is 17.2. The number of benzene rings is 3. The number of para-hydroxylation sites is 1. The number of methoxy groups -OCH3 is 2. The highest BCUT2D eigenvalue weighted by Gasteiger charge is 2.12. The van der Waals surface area contributed by atoms with Crippen LogP contribution in [0.25, 0.3) is 10.9 Å². The van der Waals surface area contributed by atoms with Gasteiger partial charge in [-0.05, 0) is 24.6 Å². The molecule has 30 heavy (non-hydrogen) atoms. The smallest absolute Gasteiger partial charge is 0.229 e. The van der Waals surface area contributed by atoms with E-state index in [4.69, 9.17) is 14.5 Å². The summed E-state index contributed by atoms with van der Waals surface area (Å²) in [5, 5.41) is 7.78. The van der Waals surface area contributed by atoms with E-state index in [0.29, 0.717) is 17.4 Å². The first-order valence-corrected chi connectivity index (χ1v) is 9.74. The van der Waals surface area contributed by atoms with Crippen molar-refractivity contribution in [3.8, 4) is 11.5 Å². The van der Waals surface area contributed by atoms with Crippen LogP contribution in [0.2, 0.25) is 0 Å². The third-order valence-corrected chi connectivity index (χ3v) is 4.86. The lowest BCUT2D eigenvalue weighted by Crippen LogP contribution is -2.10. The summed E-state index contributed by atoms with van der Waals surface area (Å²) < 4.78 is 10.7. The number of hydrogen-bond acceptors (Lipinski definition) is 6. The molecule has 0 spiro atoms. The Morgan fingerprint density at radius 2 is 1.47 bits per heavy atom. The molecule has 4 rings (SSSR count). The van der Waals surface area contributed by atoms with Gasteiger partial charge in [-0.15, -0.1) is 0 Å². The summed E-state index contributed by atoms with van der Waals surface area (Å²) >= 11 is 0. The fraction of sp³-hybridized carbons (Fsp3) is 0.167. The zero-order valence-electron chi connectivity index (χ0n) is 17.2. The van der Waals surface area contributed by atoms with Crippen molar-refractivity contribution in [3.63, 3.8) is 0 Å². The van der Waals surface area contributed by atoms with Crippen LogP contribution in [0.15, 0.2) is 72.8 Å². The maximum atomic E-state index is 5.36. The van der Waals surface area contributed by atoms with E-state index in [-0.39, 0.29) is 6.04 Å². The predicted octanol–water partition coefficient (Wildman–Crippen LogP) is 5.56. The summed E-state index contributed by atoms with van der Waals surface area (Å²) in [5.41, 5.74) is 2.82. The van der Waals surface area contributed by atoms with Gasteiger partial charge in [0.15, 0.2) is 0 Å². The Bertz CT molecular complexity index is 1130. The Morgan fingerprint density at radius 3 is 2.17 bits per heavy atom. The minimum atomic E-state index is 0.0919. The van der Waals surface area contributed by atoms with Crippen LogP contribution in [0.3, 0.4) is 0 Å². The Kier molecular flexibility index (Phi) is 5.66. The summed E-state index contributed by atoms with van der Waals surface area (Å²) in [4.78, 5) is 9.44. The standard InChI is InChI=1S/C24H24N4O2/c1-16(17-9-5-4-6-10-17)25-23-21-11-7-8-12-22(21)27-24(28-23)26-18-13-19(29-2)15-20(14-18)30-3/h4-16H,1-3H3,(H2,25,26,27,28). The number of aromatic nitrogens is 2. The van der Waals surface area contributed by atoms with E-state index >= 15 is 0 Å². The molecule has 0 saturated heterocycles. The SMILES string of the molecule is COc1cc(Nc2nc(NC(C)c3ccccc3)c3ccccc3n2)cc(OC)c1. The normalized spacial score (nSPS) is 11.7. The summed E-state index contributed by atoms with van der Waals surface area (Å²) in [6.07, 6.45) is 0. The highest BCUT2D eigenvalue weighted by molar-refractivity contribution is 5.90. The Morgan fingerprint density at radius 1 is 0.800 bits per heavy atom. The molecular weight excluding hydrogens is 376 g/mol. The van der Waals surface area contributed by atoms with E-state index < -0.39 is 0 Å². The maximum absolute atomic E-state index is 5.36. The Hall–Kier alpha value is -3.80. The largest absolute Gasteiger partial charge is 0.497 e. The second-order valence-corrected chi connectivity index (χ2v) is 6.92. The number of rotatable bonds is 7. The van der Waals surface area contributed by atoms with Crippen LogP contribution in [-0.2, 0) is 0 Å². The molecule has 0 bridgehead atoms. The molecule has 0 fully saturated rings. The first-order valence-electron chi connectivity index (χ1n) is 9.74. The minimum absolute atomic E-state index is 0.0919. The van der Waals surface area contributed by atoms with E-state index in [9.17, 15) is 0 Å². The Balaban J connectivity index is 1.70. The molecule has 152 valence electrons. The van der Waals surface area contributed by atoms with Crippen LogP contribution in [0.4, 0.5) is 17.5 Å². The van der Waals surface area contributed by atoms with Crippen LogP contribution >= 0.6 is 0 Å². The van der Waals surface area contributed by atoms with E-state index in [1.54, 1.807) is 14.2 Å². The summed E-state index contributed by atoms with van der Waals surface area (Å²) in [7, 11) is 3.25. The zero-order chi connectivity index (χ0) is 20.9. The molecule has 4 aromatic rings. The molecular formula is C24H24N4O2. The van der Waals surface area contributed by atoms with E-state index in [1.165, 1.54) is 5.56 Å². The van der Waals surface area contributed by atoms with E-state index in [2.05, 4.69) is 34.7 Å². The van der Waals surface area contributed by atoms with Gasteiger partial charge < -0.3 is 20.1 Å². The molecule has 1 unspecified atom stereocenters. The highest BCUT2D eigenvalue weighted by Crippen LogP contribution is 2.30. The van der Waals surface area contributed by atoms with Crippen LogP contribution < -0.4 is 20.1 Å². The number of nitrogens with zero attached hydrogens (tertiary/aromatic N) is 2. The third kappa shape index (κ3) is 4.27. The predicted molar refractivity (Wildman–Crippen MR) is 121 cm³/mol. The molecule has 1 aromatic heterocycles. The molecule has 6 heteroatoms. The molecule has 0 saturated carbocycles. The summed E-state index contributed by atoms with van der Waals surface area (Å²) in [6.45, 7) is 2.12. The molecule has 0 aliphatic rings. The van der Waals surface area contributed by atoms with Gasteiger partial charge in [0, 0.05) is 35.3 Å². The van der Waals surface area contributed by atoms with Crippen molar-refractivity contribution < 1.29 is 9.47 Å². The second-order valence-electron chi connectivity index (χ2n) is 6.92. The molecule has 0 aliphatic heterocycles. The minimum Gasteiger partial charge on any atom is -0.497 e. The van der Waals surface area contributed by atoms with E-state index in [0.717, 1.165) is 22.4 Å². The molecule has 0 amide bonds. The lowest BCUT2D eigenvalue weighted by Gasteiger charge is -2.17. The van der Waals surface area contributed by atoms with Crippen molar-refractivity contribution in [2.75, 3.05) is 24.9 Å². The van der Waals surface area contributed by atoms with Crippen LogP contribution in [0.1, 0.15) is 18.5 Å². The van der Waals surface area contributed by atoms with Crippen LogP contribution in [0, 0.1) is 0 Å². The van der Waals surface area contributed by atoms with Gasteiger partial charge in [-0.3, -0.25) is 0 Å². The quantitative estimate of drug-likeness (QED) is 0.423. The number of fused-ring (bicyclic) bond motifs is 1. The second kappa shape index (κ2) is 8.69. The molecule has 1 atom stereocenters. The van der Waals surface area contributed by atoms with Crippen molar-refractivity contribution in [1.29, 1.82) is 0 Å². The molecule has 0 aliphatic carbocycles. The molecule has 2 N–H and O–H groups in total.